The van der Waals surface area contributed by atoms with E-state index in [9.17, 15) is 4.79 Å². The molecule has 1 saturated carbocycles. The molecule has 1 atom stereocenters. The van der Waals surface area contributed by atoms with Crippen LogP contribution in [0, 0.1) is 19.3 Å². The van der Waals surface area contributed by atoms with E-state index < -0.39 is 0 Å². The Kier molecular flexibility index (Phi) is 4.87. The molecule has 1 spiro atoms. The maximum absolute atomic E-state index is 13.1. The molecule has 27 heavy (non-hydrogen) atoms. The zero-order valence-electron chi connectivity index (χ0n) is 17.3. The zero-order chi connectivity index (χ0) is 19.2. The van der Waals surface area contributed by atoms with Crippen LogP contribution in [0.25, 0.3) is 0 Å². The highest BCUT2D eigenvalue weighted by atomic mass is 16.2. The number of amides is 1. The molecule has 1 aromatic heterocycles. The minimum Gasteiger partial charge on any atom is -0.355 e. The summed E-state index contributed by atoms with van der Waals surface area (Å²) in [7, 11) is 4.26. The first-order valence-corrected chi connectivity index (χ1v) is 10.4. The van der Waals surface area contributed by atoms with Gasteiger partial charge in [0.25, 0.3) is 5.91 Å². The first-order chi connectivity index (χ1) is 12.9. The monoisotopic (exact) mass is 371 g/mol. The van der Waals surface area contributed by atoms with Gasteiger partial charge < -0.3 is 14.7 Å². The van der Waals surface area contributed by atoms with Crippen molar-refractivity contribution in [2.75, 3.05) is 45.2 Å². The lowest BCUT2D eigenvalue weighted by atomic mass is 9.63. The summed E-state index contributed by atoms with van der Waals surface area (Å²) in [6, 6.07) is 0.541. The number of hydrogen-bond donors (Lipinski definition) is 0. The number of hydrogen-bond acceptors (Lipinski definition) is 5. The normalized spacial score (nSPS) is 24.6. The van der Waals surface area contributed by atoms with Crippen molar-refractivity contribution in [3.05, 3.63) is 17.1 Å². The first kappa shape index (κ1) is 18.7. The van der Waals surface area contributed by atoms with E-state index in [0.29, 0.717) is 17.3 Å². The van der Waals surface area contributed by atoms with Crippen LogP contribution in [0.4, 0.5) is 5.82 Å². The van der Waals surface area contributed by atoms with Gasteiger partial charge >= 0.3 is 0 Å². The molecule has 2 aliphatic heterocycles. The van der Waals surface area contributed by atoms with Gasteiger partial charge in [0.2, 0.25) is 5.82 Å². The predicted molar refractivity (Wildman–Crippen MR) is 107 cm³/mol. The molecule has 3 heterocycles. The van der Waals surface area contributed by atoms with Crippen LogP contribution in [-0.2, 0) is 0 Å². The van der Waals surface area contributed by atoms with E-state index in [1.807, 2.05) is 11.8 Å². The van der Waals surface area contributed by atoms with Gasteiger partial charge in [0, 0.05) is 43.5 Å². The number of carbonyl (C=O) groups is 1. The number of piperidine rings is 1. The van der Waals surface area contributed by atoms with Crippen LogP contribution in [0.2, 0.25) is 0 Å². The molecule has 148 valence electrons. The molecular weight excluding hydrogens is 338 g/mol. The van der Waals surface area contributed by atoms with E-state index in [1.165, 1.54) is 19.3 Å². The van der Waals surface area contributed by atoms with Crippen LogP contribution in [0.5, 0.6) is 0 Å². The fourth-order valence-electron chi connectivity index (χ4n) is 4.88. The molecule has 6 heteroatoms. The molecule has 2 saturated heterocycles. The van der Waals surface area contributed by atoms with Crippen molar-refractivity contribution in [1.82, 2.24) is 19.8 Å². The van der Waals surface area contributed by atoms with E-state index in [0.717, 1.165) is 62.5 Å². The van der Waals surface area contributed by atoms with Gasteiger partial charge in [-0.1, -0.05) is 6.42 Å². The van der Waals surface area contributed by atoms with Crippen molar-refractivity contribution in [3.63, 3.8) is 0 Å². The van der Waals surface area contributed by atoms with Gasteiger partial charge in [-0.2, -0.15) is 0 Å². The fraction of sp³-hybridized carbons (Fsp3) is 0.762. The Labute approximate surface area is 162 Å². The lowest BCUT2D eigenvalue weighted by Crippen LogP contribution is -2.46. The van der Waals surface area contributed by atoms with E-state index in [1.54, 1.807) is 0 Å². The smallest absolute Gasteiger partial charge is 0.291 e. The topological polar surface area (TPSA) is 52.6 Å². The zero-order valence-corrected chi connectivity index (χ0v) is 17.3. The Bertz CT molecular complexity index is 718. The summed E-state index contributed by atoms with van der Waals surface area (Å²) in [6.07, 6.45) is 7.48. The van der Waals surface area contributed by atoms with Crippen molar-refractivity contribution in [2.24, 2.45) is 5.41 Å². The van der Waals surface area contributed by atoms with Crippen molar-refractivity contribution < 1.29 is 4.79 Å². The predicted octanol–water partition coefficient (Wildman–Crippen LogP) is 2.64. The van der Waals surface area contributed by atoms with Crippen LogP contribution >= 0.6 is 0 Å². The summed E-state index contributed by atoms with van der Waals surface area (Å²) < 4.78 is 0. The van der Waals surface area contributed by atoms with E-state index in [-0.39, 0.29) is 5.91 Å². The van der Waals surface area contributed by atoms with Crippen LogP contribution in [0.1, 0.15) is 60.4 Å². The Hall–Kier alpha value is -1.69. The molecule has 0 unspecified atom stereocenters. The molecule has 0 aromatic carbocycles. The molecule has 0 N–H and O–H groups in total. The molecule has 1 amide bonds. The molecule has 0 bridgehead atoms. The van der Waals surface area contributed by atoms with Gasteiger partial charge in [0.1, 0.15) is 5.82 Å². The van der Waals surface area contributed by atoms with Crippen LogP contribution in [0.15, 0.2) is 0 Å². The van der Waals surface area contributed by atoms with Gasteiger partial charge in [-0.15, -0.1) is 0 Å². The number of anilines is 1. The van der Waals surface area contributed by atoms with Gasteiger partial charge in [0.05, 0.1) is 0 Å². The molecule has 0 radical (unpaired) electrons. The third-order valence-corrected chi connectivity index (χ3v) is 7.27. The Morgan fingerprint density at radius 2 is 1.78 bits per heavy atom. The molecule has 3 aliphatic rings. The largest absolute Gasteiger partial charge is 0.355 e. The SMILES string of the molecule is Cc1nc(C(=O)N2CCC3(CCC3)CC2)nc(N2CC[C@@H](N(C)C)C2)c1C. The van der Waals surface area contributed by atoms with Crippen molar-refractivity contribution >= 4 is 11.7 Å². The van der Waals surface area contributed by atoms with Gasteiger partial charge in [-0.3, -0.25) is 4.79 Å². The maximum Gasteiger partial charge on any atom is 0.291 e. The second kappa shape index (κ2) is 7.04. The van der Waals surface area contributed by atoms with E-state index >= 15 is 0 Å². The third kappa shape index (κ3) is 3.44. The van der Waals surface area contributed by atoms with Crippen LogP contribution in [-0.4, -0.2) is 72.0 Å². The van der Waals surface area contributed by atoms with Gasteiger partial charge in [0.15, 0.2) is 0 Å². The summed E-state index contributed by atoms with van der Waals surface area (Å²) in [5.74, 6) is 1.34. The van der Waals surface area contributed by atoms with Crippen molar-refractivity contribution in [2.45, 2.75) is 58.4 Å². The molecular formula is C21H33N5O. The summed E-state index contributed by atoms with van der Waals surface area (Å²) in [5, 5.41) is 0. The average molecular weight is 372 g/mol. The highest BCUT2D eigenvalue weighted by Gasteiger charge is 2.41. The standard InChI is InChI=1S/C21H33N5O/c1-15-16(2)22-18(23-19(15)26-11-6-17(14-26)24(3)4)20(27)25-12-9-21(10-13-25)7-5-8-21/h17H,5-14H2,1-4H3/t17-/m1/s1. The second-order valence-electron chi connectivity index (χ2n) is 9.08. The summed E-state index contributed by atoms with van der Waals surface area (Å²) >= 11 is 0. The number of aromatic nitrogens is 2. The van der Waals surface area contributed by atoms with Gasteiger partial charge in [-0.25, -0.2) is 9.97 Å². The lowest BCUT2D eigenvalue weighted by molar-refractivity contribution is 0.0279. The number of carbonyl (C=O) groups excluding carboxylic acids is 1. The number of nitrogens with zero attached hydrogens (tertiary/aromatic N) is 5. The second-order valence-corrected chi connectivity index (χ2v) is 9.08. The molecule has 1 aromatic rings. The van der Waals surface area contributed by atoms with Crippen LogP contribution in [0.3, 0.4) is 0 Å². The molecule has 1 aliphatic carbocycles. The molecule has 4 rings (SSSR count). The minimum atomic E-state index is 0.0110. The van der Waals surface area contributed by atoms with Gasteiger partial charge in [-0.05, 0) is 65.5 Å². The fourth-order valence-corrected chi connectivity index (χ4v) is 4.88. The number of aryl methyl sites for hydroxylation is 1. The maximum atomic E-state index is 13.1. The first-order valence-electron chi connectivity index (χ1n) is 10.4. The number of rotatable bonds is 3. The van der Waals surface area contributed by atoms with Crippen LogP contribution < -0.4 is 4.90 Å². The Balaban J connectivity index is 1.51. The highest BCUT2D eigenvalue weighted by molar-refractivity contribution is 5.91. The summed E-state index contributed by atoms with van der Waals surface area (Å²) in [4.78, 5) is 29.0. The average Bonchev–Trinajstić information content (AvgIpc) is 3.12. The number of likely N-dealkylation sites (tertiary alicyclic amines) is 1. The summed E-state index contributed by atoms with van der Waals surface area (Å²) in [6.45, 7) is 7.73. The van der Waals surface area contributed by atoms with Crippen molar-refractivity contribution in [1.29, 1.82) is 0 Å². The van der Waals surface area contributed by atoms with Crippen molar-refractivity contribution in [3.8, 4) is 0 Å². The quantitative estimate of drug-likeness (QED) is 0.818. The third-order valence-electron chi connectivity index (χ3n) is 7.27. The molecule has 3 fully saturated rings. The lowest BCUT2D eigenvalue weighted by Gasteiger charge is -2.47. The Morgan fingerprint density at radius 3 is 2.33 bits per heavy atom. The highest BCUT2D eigenvalue weighted by Crippen LogP contribution is 2.48. The Morgan fingerprint density at radius 1 is 1.07 bits per heavy atom. The summed E-state index contributed by atoms with van der Waals surface area (Å²) in [5.41, 5.74) is 2.56. The van der Waals surface area contributed by atoms with E-state index in [2.05, 4.69) is 35.8 Å². The number of likely N-dealkylation sites (N-methyl/N-ethyl adjacent to an activating group) is 1. The minimum absolute atomic E-state index is 0.0110. The molecule has 6 nitrogen and oxygen atoms in total. The van der Waals surface area contributed by atoms with E-state index in [4.69, 9.17) is 4.98 Å².